The molecule has 0 aliphatic carbocycles. The SMILES string of the molecule is Cc1ccc(Cn2cc(NC(=O)c3cc(-c4ccc5c(c4)c(NC(=O)c4sncc4C)cn5Cc4ccc(C)cc4)cnn3)c3ccccc32)cc1. The highest BCUT2D eigenvalue weighted by Crippen LogP contribution is 2.33. The summed E-state index contributed by atoms with van der Waals surface area (Å²) in [6.07, 6.45) is 7.29. The van der Waals surface area contributed by atoms with Gasteiger partial charge in [-0.25, -0.2) is 4.37 Å². The molecular formula is C42H35N7O2S. The molecule has 0 fully saturated rings. The maximum atomic E-state index is 13.7. The van der Waals surface area contributed by atoms with E-state index in [4.69, 9.17) is 0 Å². The second-order valence-electron chi connectivity index (χ2n) is 13.1. The van der Waals surface area contributed by atoms with Crippen molar-refractivity contribution >= 4 is 56.5 Å². The van der Waals surface area contributed by atoms with E-state index in [9.17, 15) is 9.59 Å². The largest absolute Gasteiger partial charge is 0.341 e. The molecule has 0 aliphatic heterocycles. The van der Waals surface area contributed by atoms with Gasteiger partial charge in [-0.05, 0) is 78.8 Å². The van der Waals surface area contributed by atoms with Gasteiger partial charge in [-0.3, -0.25) is 9.59 Å². The minimum atomic E-state index is -0.356. The van der Waals surface area contributed by atoms with Crippen molar-refractivity contribution in [1.82, 2.24) is 23.7 Å². The van der Waals surface area contributed by atoms with E-state index in [0.29, 0.717) is 29.3 Å². The molecule has 8 aromatic rings. The fourth-order valence-electron chi connectivity index (χ4n) is 6.47. The van der Waals surface area contributed by atoms with Gasteiger partial charge in [-0.1, -0.05) is 83.9 Å². The number of rotatable bonds is 9. The molecule has 8 rings (SSSR count). The Morgan fingerprint density at radius 2 is 1.27 bits per heavy atom. The highest BCUT2D eigenvalue weighted by Gasteiger charge is 2.19. The molecule has 0 radical (unpaired) electrons. The molecule has 0 saturated carbocycles. The number of aromatic nitrogens is 5. The van der Waals surface area contributed by atoms with Crippen molar-refractivity contribution in [2.24, 2.45) is 0 Å². The van der Waals surface area contributed by atoms with Crippen molar-refractivity contribution in [3.63, 3.8) is 0 Å². The lowest BCUT2D eigenvalue weighted by Crippen LogP contribution is -2.14. The van der Waals surface area contributed by atoms with Crippen molar-refractivity contribution in [1.29, 1.82) is 0 Å². The average molecular weight is 702 g/mol. The Labute approximate surface area is 304 Å². The molecule has 0 atom stereocenters. The monoisotopic (exact) mass is 701 g/mol. The smallest absolute Gasteiger partial charge is 0.276 e. The summed E-state index contributed by atoms with van der Waals surface area (Å²) in [7, 11) is 0. The van der Waals surface area contributed by atoms with Gasteiger partial charge in [0.2, 0.25) is 0 Å². The van der Waals surface area contributed by atoms with Crippen molar-refractivity contribution in [2.75, 3.05) is 10.6 Å². The van der Waals surface area contributed by atoms with Gasteiger partial charge in [-0.15, -0.1) is 5.10 Å². The average Bonchev–Trinajstić information content (AvgIpc) is 3.85. The molecular weight excluding hydrogens is 667 g/mol. The van der Waals surface area contributed by atoms with E-state index >= 15 is 0 Å². The Morgan fingerprint density at radius 3 is 1.92 bits per heavy atom. The van der Waals surface area contributed by atoms with Crippen LogP contribution in [0.3, 0.4) is 0 Å². The molecule has 0 aliphatic rings. The molecule has 256 valence electrons. The second-order valence-corrected chi connectivity index (χ2v) is 13.9. The number of anilines is 2. The number of para-hydroxylation sites is 1. The van der Waals surface area contributed by atoms with E-state index < -0.39 is 0 Å². The maximum Gasteiger partial charge on any atom is 0.276 e. The summed E-state index contributed by atoms with van der Waals surface area (Å²) in [5, 5.41) is 16.4. The van der Waals surface area contributed by atoms with Crippen LogP contribution in [0.2, 0.25) is 0 Å². The lowest BCUT2D eigenvalue weighted by atomic mass is 10.0. The van der Waals surface area contributed by atoms with Gasteiger partial charge in [0.25, 0.3) is 11.8 Å². The van der Waals surface area contributed by atoms with Gasteiger partial charge >= 0.3 is 0 Å². The highest BCUT2D eigenvalue weighted by atomic mass is 32.1. The van der Waals surface area contributed by atoms with E-state index in [2.05, 4.69) is 103 Å². The highest BCUT2D eigenvalue weighted by molar-refractivity contribution is 7.08. The van der Waals surface area contributed by atoms with Gasteiger partial charge in [0, 0.05) is 48.0 Å². The first-order valence-corrected chi connectivity index (χ1v) is 17.8. The minimum Gasteiger partial charge on any atom is -0.341 e. The van der Waals surface area contributed by atoms with Crippen molar-refractivity contribution in [2.45, 2.75) is 33.9 Å². The number of fused-ring (bicyclic) bond motifs is 2. The quantitative estimate of drug-likeness (QED) is 0.156. The molecule has 0 saturated heterocycles. The number of hydrogen-bond donors (Lipinski definition) is 2. The fraction of sp³-hybridized carbons (Fsp3) is 0.119. The third-order valence-corrected chi connectivity index (χ3v) is 10.2. The van der Waals surface area contributed by atoms with Crippen LogP contribution in [0.5, 0.6) is 0 Å². The van der Waals surface area contributed by atoms with Gasteiger partial charge in [0.15, 0.2) is 5.69 Å². The Balaban J connectivity index is 1.10. The summed E-state index contributed by atoms with van der Waals surface area (Å²) in [6, 6.07) is 32.7. The summed E-state index contributed by atoms with van der Waals surface area (Å²) in [6.45, 7) is 7.33. The van der Waals surface area contributed by atoms with Crippen LogP contribution in [-0.2, 0) is 13.1 Å². The van der Waals surface area contributed by atoms with Crippen LogP contribution in [-0.4, -0.2) is 35.5 Å². The lowest BCUT2D eigenvalue weighted by Gasteiger charge is -2.08. The van der Waals surface area contributed by atoms with E-state index in [-0.39, 0.29) is 17.5 Å². The van der Waals surface area contributed by atoms with Gasteiger partial charge in [0.1, 0.15) is 4.88 Å². The van der Waals surface area contributed by atoms with E-state index in [1.807, 2.05) is 55.7 Å². The predicted molar refractivity (Wildman–Crippen MR) is 208 cm³/mol. The Morgan fingerprint density at radius 1 is 0.654 bits per heavy atom. The van der Waals surface area contributed by atoms with Crippen molar-refractivity contribution in [3.05, 3.63) is 160 Å². The van der Waals surface area contributed by atoms with E-state index in [1.54, 1.807) is 18.5 Å². The zero-order valence-corrected chi connectivity index (χ0v) is 29.7. The molecule has 4 aromatic heterocycles. The summed E-state index contributed by atoms with van der Waals surface area (Å²) >= 11 is 1.18. The molecule has 0 unspecified atom stereocenters. The van der Waals surface area contributed by atoms with E-state index in [1.165, 1.54) is 28.2 Å². The summed E-state index contributed by atoms with van der Waals surface area (Å²) in [5.74, 6) is -0.560. The predicted octanol–water partition coefficient (Wildman–Crippen LogP) is 9.04. The Bertz CT molecular complexity index is 2600. The lowest BCUT2D eigenvalue weighted by molar-refractivity contribution is 0.101. The van der Waals surface area contributed by atoms with Crippen LogP contribution in [0.15, 0.2) is 122 Å². The molecule has 52 heavy (non-hydrogen) atoms. The zero-order chi connectivity index (χ0) is 35.8. The van der Waals surface area contributed by atoms with Gasteiger partial charge in [-0.2, -0.15) is 5.10 Å². The molecule has 2 N–H and O–H groups in total. The third kappa shape index (κ3) is 6.59. The van der Waals surface area contributed by atoms with Crippen LogP contribution >= 0.6 is 11.5 Å². The molecule has 2 amide bonds. The summed E-state index contributed by atoms with van der Waals surface area (Å²) in [5.41, 5.74) is 10.7. The molecule has 0 spiro atoms. The number of aryl methyl sites for hydroxylation is 3. The number of hydrogen-bond acceptors (Lipinski definition) is 6. The second kappa shape index (κ2) is 13.7. The van der Waals surface area contributed by atoms with Crippen LogP contribution in [0.25, 0.3) is 32.9 Å². The summed E-state index contributed by atoms with van der Waals surface area (Å²) < 4.78 is 8.46. The molecule has 4 aromatic carbocycles. The Hall–Kier alpha value is -6.39. The molecule has 4 heterocycles. The summed E-state index contributed by atoms with van der Waals surface area (Å²) in [4.78, 5) is 27.6. The first kappa shape index (κ1) is 32.8. The number of nitrogens with zero attached hydrogens (tertiary/aromatic N) is 5. The fourth-order valence-corrected chi connectivity index (χ4v) is 7.12. The number of nitrogens with one attached hydrogen (secondary N) is 2. The number of carbonyl (C=O) groups is 2. The number of amides is 2. The van der Waals surface area contributed by atoms with Crippen LogP contribution in [0.1, 0.15) is 48.0 Å². The third-order valence-electron chi connectivity index (χ3n) is 9.29. The molecule has 9 nitrogen and oxygen atoms in total. The Kier molecular flexibility index (Phi) is 8.66. The zero-order valence-electron chi connectivity index (χ0n) is 28.9. The van der Waals surface area contributed by atoms with Crippen LogP contribution in [0.4, 0.5) is 11.4 Å². The number of carbonyl (C=O) groups excluding carboxylic acids is 2. The maximum absolute atomic E-state index is 13.7. The van der Waals surface area contributed by atoms with E-state index in [0.717, 1.165) is 44.1 Å². The normalized spacial score (nSPS) is 11.3. The number of benzene rings is 4. The first-order chi connectivity index (χ1) is 25.3. The minimum absolute atomic E-state index is 0.194. The standard InChI is InChI=1S/C42H35N7O2S/c1-26-8-12-29(13-9-26)22-48-24-36(33-6-4-5-7-38(33)48)45-41(50)35-19-32(21-43-47-35)31-16-17-39-34(18-31)37(46-42(51)40-28(3)20-44-52-40)25-49(39)23-30-14-10-27(2)11-15-30/h4-21,24-25H,22-23H2,1-3H3,(H,45,50)(H,46,51). The van der Waals surface area contributed by atoms with Crippen LogP contribution < -0.4 is 10.6 Å². The van der Waals surface area contributed by atoms with Gasteiger partial charge in [0.05, 0.1) is 28.6 Å². The van der Waals surface area contributed by atoms with Gasteiger partial charge < -0.3 is 19.8 Å². The van der Waals surface area contributed by atoms with Crippen molar-refractivity contribution < 1.29 is 9.59 Å². The molecule has 10 heteroatoms. The first-order valence-electron chi connectivity index (χ1n) is 17.0. The van der Waals surface area contributed by atoms with Crippen molar-refractivity contribution in [3.8, 4) is 11.1 Å². The van der Waals surface area contributed by atoms with Crippen LogP contribution in [0, 0.1) is 20.8 Å². The molecule has 0 bridgehead atoms. The topological polar surface area (TPSA) is 107 Å².